The van der Waals surface area contributed by atoms with E-state index in [2.05, 4.69) is 9.80 Å². The first-order chi connectivity index (χ1) is 13.2. The first-order valence-corrected chi connectivity index (χ1v) is 10.7. The molecule has 144 valence electrons. The second-order valence-electron chi connectivity index (χ2n) is 7.64. The first kappa shape index (κ1) is 17.3. The Morgan fingerprint density at radius 3 is 2.85 bits per heavy atom. The molecule has 8 heteroatoms. The average molecular weight is 388 g/mol. The topological polar surface area (TPSA) is 84.6 Å². The van der Waals surface area contributed by atoms with Crippen molar-refractivity contribution in [3.8, 4) is 0 Å². The molecule has 2 aromatic rings. The molecule has 1 unspecified atom stereocenters. The number of amides is 1. The minimum Gasteiger partial charge on any atom is -0.379 e. The molecule has 0 aromatic carbocycles. The number of nitrogens with zero attached hydrogens (tertiary/aromatic N) is 4. The Hall–Kier alpha value is -1.77. The van der Waals surface area contributed by atoms with E-state index in [0.717, 1.165) is 81.5 Å². The maximum Gasteiger partial charge on any atom is 0.240 e. The van der Waals surface area contributed by atoms with Gasteiger partial charge in [-0.15, -0.1) is 11.3 Å². The van der Waals surface area contributed by atoms with Gasteiger partial charge in [-0.1, -0.05) is 0 Å². The molecule has 0 saturated carbocycles. The monoisotopic (exact) mass is 387 g/mol. The highest BCUT2D eigenvalue weighted by Gasteiger charge is 2.33. The Labute approximate surface area is 162 Å². The molecule has 0 spiro atoms. The molecule has 2 saturated heterocycles. The van der Waals surface area contributed by atoms with Crippen LogP contribution in [0.1, 0.15) is 35.5 Å². The van der Waals surface area contributed by atoms with Crippen molar-refractivity contribution in [2.45, 2.75) is 44.7 Å². The third-order valence-electron chi connectivity index (χ3n) is 5.91. The number of carbonyl (C=O) groups excluding carboxylic acids is 1. The number of ether oxygens (including phenoxy) is 1. The van der Waals surface area contributed by atoms with E-state index in [1.165, 1.54) is 22.2 Å². The Kier molecular flexibility index (Phi) is 4.49. The van der Waals surface area contributed by atoms with Crippen LogP contribution in [0, 0.1) is 0 Å². The van der Waals surface area contributed by atoms with Crippen molar-refractivity contribution in [3.63, 3.8) is 0 Å². The number of aromatic nitrogens is 2. The second kappa shape index (κ2) is 7.00. The van der Waals surface area contributed by atoms with Crippen molar-refractivity contribution in [1.82, 2.24) is 14.9 Å². The predicted octanol–water partition coefficient (Wildman–Crippen LogP) is 1.47. The molecule has 7 nitrogen and oxygen atoms in total. The zero-order valence-electron chi connectivity index (χ0n) is 15.4. The van der Waals surface area contributed by atoms with Crippen LogP contribution in [0.3, 0.4) is 0 Å². The number of carbonyl (C=O) groups is 1. The summed E-state index contributed by atoms with van der Waals surface area (Å²) in [5.41, 5.74) is 7.10. The van der Waals surface area contributed by atoms with E-state index in [1.54, 1.807) is 0 Å². The molecule has 2 aliphatic heterocycles. The van der Waals surface area contributed by atoms with Crippen LogP contribution in [0.5, 0.6) is 0 Å². The van der Waals surface area contributed by atoms with Crippen LogP contribution >= 0.6 is 11.3 Å². The van der Waals surface area contributed by atoms with Crippen LogP contribution in [-0.2, 0) is 28.9 Å². The Morgan fingerprint density at radius 1 is 1.19 bits per heavy atom. The fourth-order valence-electron chi connectivity index (χ4n) is 4.57. The molecule has 1 atom stereocenters. The molecule has 5 rings (SSSR count). The predicted molar refractivity (Wildman–Crippen MR) is 105 cm³/mol. The summed E-state index contributed by atoms with van der Waals surface area (Å²) >= 11 is 1.81. The van der Waals surface area contributed by atoms with E-state index in [4.69, 9.17) is 20.4 Å². The number of hydrogen-bond donors (Lipinski definition) is 1. The fraction of sp³-hybridized carbons (Fsp3) is 0.632. The standard InChI is InChI=1S/C19H25N5O2S/c20-17(25)13-4-2-6-24(13)18-16-12-3-1-5-14(12)27-19(16)22-15(21-18)11-23-7-9-26-10-8-23/h13H,1-11H2,(H2,20,25). The van der Waals surface area contributed by atoms with Crippen molar-refractivity contribution < 1.29 is 9.53 Å². The van der Waals surface area contributed by atoms with Crippen molar-refractivity contribution in [1.29, 1.82) is 0 Å². The number of nitrogens with two attached hydrogens (primary N) is 1. The Morgan fingerprint density at radius 2 is 2.04 bits per heavy atom. The lowest BCUT2D eigenvalue weighted by Crippen LogP contribution is -2.41. The van der Waals surface area contributed by atoms with Gasteiger partial charge < -0.3 is 15.4 Å². The SMILES string of the molecule is NC(=O)C1CCCN1c1nc(CN2CCOCC2)nc2sc3c(c12)CCC3. The van der Waals surface area contributed by atoms with Crippen molar-refractivity contribution >= 4 is 33.3 Å². The molecule has 2 fully saturated rings. The lowest BCUT2D eigenvalue weighted by atomic mass is 10.1. The molecular formula is C19H25N5O2S. The summed E-state index contributed by atoms with van der Waals surface area (Å²) < 4.78 is 5.45. The first-order valence-electron chi connectivity index (χ1n) is 9.88. The maximum absolute atomic E-state index is 12.0. The van der Waals surface area contributed by atoms with Gasteiger partial charge in [-0.25, -0.2) is 9.97 Å². The number of anilines is 1. The van der Waals surface area contributed by atoms with Crippen LogP contribution in [0.4, 0.5) is 5.82 Å². The normalized spacial score (nSPS) is 23.3. The quantitative estimate of drug-likeness (QED) is 0.855. The Bertz CT molecular complexity index is 877. The summed E-state index contributed by atoms with van der Waals surface area (Å²) in [5, 5.41) is 1.17. The summed E-state index contributed by atoms with van der Waals surface area (Å²) in [6.45, 7) is 4.90. The minimum absolute atomic E-state index is 0.249. The minimum atomic E-state index is -0.253. The number of fused-ring (bicyclic) bond motifs is 3. The van der Waals surface area contributed by atoms with Gasteiger partial charge >= 0.3 is 0 Å². The van der Waals surface area contributed by atoms with Gasteiger partial charge in [0.2, 0.25) is 5.91 Å². The van der Waals surface area contributed by atoms with Crippen molar-refractivity contribution in [2.24, 2.45) is 5.73 Å². The average Bonchev–Trinajstić information content (AvgIpc) is 3.37. The van der Waals surface area contributed by atoms with Gasteiger partial charge in [0.05, 0.1) is 25.1 Å². The maximum atomic E-state index is 12.0. The molecule has 1 amide bonds. The molecular weight excluding hydrogens is 362 g/mol. The summed E-state index contributed by atoms with van der Waals surface area (Å²) in [6.07, 6.45) is 5.21. The van der Waals surface area contributed by atoms with Crippen molar-refractivity contribution in [2.75, 3.05) is 37.7 Å². The zero-order chi connectivity index (χ0) is 18.4. The van der Waals surface area contributed by atoms with Gasteiger partial charge in [-0.3, -0.25) is 9.69 Å². The fourth-order valence-corrected chi connectivity index (χ4v) is 5.85. The van der Waals surface area contributed by atoms with Crippen molar-refractivity contribution in [3.05, 3.63) is 16.3 Å². The zero-order valence-corrected chi connectivity index (χ0v) is 16.3. The highest BCUT2D eigenvalue weighted by atomic mass is 32.1. The number of hydrogen-bond acceptors (Lipinski definition) is 7. The Balaban J connectivity index is 1.58. The molecule has 0 radical (unpaired) electrons. The van der Waals surface area contributed by atoms with Gasteiger partial charge in [-0.05, 0) is 37.7 Å². The van der Waals surface area contributed by atoms with Gasteiger partial charge in [0.1, 0.15) is 22.5 Å². The van der Waals surface area contributed by atoms with Gasteiger partial charge in [0.25, 0.3) is 0 Å². The largest absolute Gasteiger partial charge is 0.379 e. The molecule has 0 bridgehead atoms. The smallest absolute Gasteiger partial charge is 0.240 e. The van der Waals surface area contributed by atoms with E-state index in [9.17, 15) is 4.79 Å². The molecule has 2 N–H and O–H groups in total. The van der Waals surface area contributed by atoms with Crippen LogP contribution in [0.25, 0.3) is 10.2 Å². The number of thiophene rings is 1. The van der Waals surface area contributed by atoms with Crippen LogP contribution in [-0.4, -0.2) is 59.7 Å². The molecule has 2 aromatic heterocycles. The van der Waals surface area contributed by atoms with E-state index in [-0.39, 0.29) is 11.9 Å². The molecule has 4 heterocycles. The molecule has 1 aliphatic carbocycles. The summed E-state index contributed by atoms with van der Waals surface area (Å²) in [6, 6.07) is -0.253. The van der Waals surface area contributed by atoms with Crippen LogP contribution in [0.2, 0.25) is 0 Å². The number of primary amides is 1. The van der Waals surface area contributed by atoms with Gasteiger partial charge in [0.15, 0.2) is 0 Å². The number of rotatable bonds is 4. The summed E-state index contributed by atoms with van der Waals surface area (Å²) in [5.74, 6) is 1.53. The molecule has 3 aliphatic rings. The van der Waals surface area contributed by atoms with Gasteiger partial charge in [-0.2, -0.15) is 0 Å². The number of aryl methyl sites for hydroxylation is 2. The van der Waals surface area contributed by atoms with E-state index < -0.39 is 0 Å². The second-order valence-corrected chi connectivity index (χ2v) is 8.73. The third-order valence-corrected chi connectivity index (χ3v) is 7.10. The molecule has 27 heavy (non-hydrogen) atoms. The van der Waals surface area contributed by atoms with Crippen LogP contribution in [0.15, 0.2) is 0 Å². The lowest BCUT2D eigenvalue weighted by Gasteiger charge is -2.27. The summed E-state index contributed by atoms with van der Waals surface area (Å²) in [4.78, 5) is 28.9. The third kappa shape index (κ3) is 3.09. The van der Waals surface area contributed by atoms with E-state index >= 15 is 0 Å². The van der Waals surface area contributed by atoms with E-state index in [1.807, 2.05) is 11.3 Å². The van der Waals surface area contributed by atoms with E-state index in [0.29, 0.717) is 0 Å². The highest BCUT2D eigenvalue weighted by Crippen LogP contribution is 2.42. The van der Waals surface area contributed by atoms with Crippen LogP contribution < -0.4 is 10.6 Å². The van der Waals surface area contributed by atoms with Gasteiger partial charge in [0, 0.05) is 24.5 Å². The summed E-state index contributed by atoms with van der Waals surface area (Å²) in [7, 11) is 0. The number of morpholine rings is 1. The lowest BCUT2D eigenvalue weighted by molar-refractivity contribution is -0.119. The highest BCUT2D eigenvalue weighted by molar-refractivity contribution is 7.19.